The summed E-state index contributed by atoms with van der Waals surface area (Å²) in [7, 11) is -3.55. The van der Waals surface area contributed by atoms with Gasteiger partial charge in [-0.05, 0) is 44.0 Å². The van der Waals surface area contributed by atoms with E-state index in [-0.39, 0.29) is 29.8 Å². The molecule has 8 heteroatoms. The van der Waals surface area contributed by atoms with Crippen LogP contribution in [-0.2, 0) is 19.6 Å². The largest absolute Gasteiger partial charge is 0.481 e. The summed E-state index contributed by atoms with van der Waals surface area (Å²) < 4.78 is 27.1. The van der Waals surface area contributed by atoms with Gasteiger partial charge in [0, 0.05) is 31.2 Å². The van der Waals surface area contributed by atoms with E-state index in [9.17, 15) is 18.0 Å². The fourth-order valence-corrected chi connectivity index (χ4v) is 5.18. The van der Waals surface area contributed by atoms with Crippen LogP contribution in [0.4, 0.5) is 5.69 Å². The highest BCUT2D eigenvalue weighted by atomic mass is 32.2. The van der Waals surface area contributed by atoms with Crippen molar-refractivity contribution in [2.45, 2.75) is 43.5 Å². The highest BCUT2D eigenvalue weighted by molar-refractivity contribution is 7.89. The van der Waals surface area contributed by atoms with Gasteiger partial charge in [0.05, 0.1) is 10.8 Å². The van der Waals surface area contributed by atoms with Crippen LogP contribution >= 0.6 is 0 Å². The van der Waals surface area contributed by atoms with Gasteiger partial charge in [-0.15, -0.1) is 0 Å². The number of rotatable bonds is 4. The molecule has 2 fully saturated rings. The third kappa shape index (κ3) is 3.41. The van der Waals surface area contributed by atoms with Crippen molar-refractivity contribution in [1.29, 1.82) is 0 Å². The highest BCUT2D eigenvalue weighted by Crippen LogP contribution is 2.29. The van der Waals surface area contributed by atoms with Crippen molar-refractivity contribution in [2.24, 2.45) is 5.92 Å². The van der Waals surface area contributed by atoms with Crippen molar-refractivity contribution >= 4 is 27.6 Å². The van der Waals surface area contributed by atoms with Crippen LogP contribution in [0, 0.1) is 5.92 Å². The molecule has 1 aromatic rings. The van der Waals surface area contributed by atoms with Crippen LogP contribution < -0.4 is 4.90 Å². The number of amides is 1. The third-order valence-corrected chi connectivity index (χ3v) is 7.00. The second-order valence-electron chi connectivity index (χ2n) is 6.70. The first-order valence-corrected chi connectivity index (χ1v) is 9.90. The molecule has 2 unspecified atom stereocenters. The van der Waals surface area contributed by atoms with E-state index in [0.717, 1.165) is 19.3 Å². The first-order chi connectivity index (χ1) is 11.8. The molecular weight excluding hydrogens is 344 g/mol. The van der Waals surface area contributed by atoms with Gasteiger partial charge >= 0.3 is 5.97 Å². The molecule has 2 heterocycles. The Labute approximate surface area is 147 Å². The smallest absolute Gasteiger partial charge is 0.308 e. The van der Waals surface area contributed by atoms with Crippen LogP contribution in [0.15, 0.2) is 29.2 Å². The number of nitrogens with zero attached hydrogens (tertiary/aromatic N) is 2. The Bertz CT molecular complexity index is 775. The molecule has 0 saturated carbocycles. The summed E-state index contributed by atoms with van der Waals surface area (Å²) in [5.74, 6) is -1.97. The topological polar surface area (TPSA) is 95.0 Å². The van der Waals surface area contributed by atoms with Crippen molar-refractivity contribution in [3.8, 4) is 0 Å². The summed E-state index contributed by atoms with van der Waals surface area (Å²) in [4.78, 5) is 24.7. The number of aliphatic carboxylic acids is 1. The lowest BCUT2D eigenvalue weighted by Gasteiger charge is -2.32. The van der Waals surface area contributed by atoms with Crippen molar-refractivity contribution in [2.75, 3.05) is 18.0 Å². The maximum Gasteiger partial charge on any atom is 0.308 e. The van der Waals surface area contributed by atoms with E-state index in [1.165, 1.54) is 21.3 Å². The van der Waals surface area contributed by atoms with Gasteiger partial charge in [0.15, 0.2) is 0 Å². The minimum atomic E-state index is -3.55. The highest BCUT2D eigenvalue weighted by Gasteiger charge is 2.35. The first kappa shape index (κ1) is 17.9. The van der Waals surface area contributed by atoms with Crippen molar-refractivity contribution in [3.63, 3.8) is 0 Å². The molecule has 2 saturated heterocycles. The molecule has 3 rings (SSSR count). The fraction of sp³-hybridized carbons (Fsp3) is 0.529. The van der Waals surface area contributed by atoms with Crippen LogP contribution in [-0.4, -0.2) is 48.8 Å². The predicted octanol–water partition coefficient (Wildman–Crippen LogP) is 1.69. The van der Waals surface area contributed by atoms with Crippen LogP contribution in [0.3, 0.4) is 0 Å². The molecule has 1 N–H and O–H groups in total. The van der Waals surface area contributed by atoms with Gasteiger partial charge < -0.3 is 10.0 Å². The Morgan fingerprint density at radius 3 is 2.44 bits per heavy atom. The molecule has 25 heavy (non-hydrogen) atoms. The Morgan fingerprint density at radius 2 is 1.88 bits per heavy atom. The molecular formula is C17H22N2O5S. The summed E-state index contributed by atoms with van der Waals surface area (Å²) in [6.45, 7) is 2.56. The molecule has 1 amide bonds. The number of anilines is 1. The van der Waals surface area contributed by atoms with Gasteiger partial charge in [-0.3, -0.25) is 9.59 Å². The lowest BCUT2D eigenvalue weighted by molar-refractivity contribution is -0.141. The van der Waals surface area contributed by atoms with Gasteiger partial charge in [0.25, 0.3) is 0 Å². The van der Waals surface area contributed by atoms with E-state index >= 15 is 0 Å². The summed E-state index contributed by atoms with van der Waals surface area (Å²) in [5.41, 5.74) is 0.527. The molecule has 7 nitrogen and oxygen atoms in total. The Morgan fingerprint density at radius 1 is 1.20 bits per heavy atom. The molecule has 0 bridgehead atoms. The molecule has 1 aromatic carbocycles. The Balaban J connectivity index is 1.80. The van der Waals surface area contributed by atoms with Crippen molar-refractivity contribution in [1.82, 2.24) is 4.31 Å². The van der Waals surface area contributed by atoms with E-state index in [0.29, 0.717) is 12.2 Å². The number of hydrogen-bond acceptors (Lipinski definition) is 4. The zero-order valence-electron chi connectivity index (χ0n) is 14.1. The maximum atomic E-state index is 12.8. The zero-order chi connectivity index (χ0) is 18.2. The lowest BCUT2D eigenvalue weighted by Crippen LogP contribution is -2.41. The number of carboxylic acids is 1. The van der Waals surface area contributed by atoms with Crippen molar-refractivity contribution in [3.05, 3.63) is 24.3 Å². The second kappa shape index (κ2) is 6.76. The van der Waals surface area contributed by atoms with E-state index in [4.69, 9.17) is 5.11 Å². The van der Waals surface area contributed by atoms with Gasteiger partial charge in [0.1, 0.15) is 0 Å². The average molecular weight is 366 g/mol. The van der Waals surface area contributed by atoms with Gasteiger partial charge in [0.2, 0.25) is 15.9 Å². The van der Waals surface area contributed by atoms with E-state index in [2.05, 4.69) is 0 Å². The summed E-state index contributed by atoms with van der Waals surface area (Å²) in [5, 5.41) is 9.05. The van der Waals surface area contributed by atoms with E-state index in [1.54, 1.807) is 12.1 Å². The lowest BCUT2D eigenvalue weighted by atomic mass is 10.1. The first-order valence-electron chi connectivity index (χ1n) is 8.46. The number of carbonyl (C=O) groups excluding carboxylic acids is 1. The quantitative estimate of drug-likeness (QED) is 0.875. The second-order valence-corrected chi connectivity index (χ2v) is 8.59. The van der Waals surface area contributed by atoms with E-state index < -0.39 is 21.9 Å². The Kier molecular flexibility index (Phi) is 4.83. The number of benzene rings is 1. The fourth-order valence-electron chi connectivity index (χ4n) is 3.48. The third-order valence-electron chi connectivity index (χ3n) is 4.97. The molecule has 0 aromatic heterocycles. The number of piperidine rings is 1. The molecule has 136 valence electrons. The summed E-state index contributed by atoms with van der Waals surface area (Å²) >= 11 is 0. The zero-order valence-corrected chi connectivity index (χ0v) is 14.9. The van der Waals surface area contributed by atoms with Gasteiger partial charge in [-0.25, -0.2) is 8.42 Å². The predicted molar refractivity (Wildman–Crippen MR) is 91.7 cm³/mol. The molecule has 2 aliphatic rings. The molecule has 0 spiro atoms. The van der Waals surface area contributed by atoms with Crippen molar-refractivity contribution < 1.29 is 23.1 Å². The number of sulfonamides is 1. The normalized spacial score (nSPS) is 25.3. The van der Waals surface area contributed by atoms with E-state index in [1.807, 2.05) is 6.92 Å². The maximum absolute atomic E-state index is 12.8. The minimum Gasteiger partial charge on any atom is -0.481 e. The summed E-state index contributed by atoms with van der Waals surface area (Å²) in [6.07, 6.45) is 2.73. The molecule has 0 radical (unpaired) electrons. The van der Waals surface area contributed by atoms with Crippen LogP contribution in [0.25, 0.3) is 0 Å². The van der Waals surface area contributed by atoms with Crippen LogP contribution in [0.2, 0.25) is 0 Å². The molecule has 2 aliphatic heterocycles. The summed E-state index contributed by atoms with van der Waals surface area (Å²) in [6, 6.07) is 6.11. The number of carbonyl (C=O) groups is 2. The number of carboxylic acid groups (broad SMARTS) is 1. The van der Waals surface area contributed by atoms with Crippen LogP contribution in [0.1, 0.15) is 32.6 Å². The van der Waals surface area contributed by atoms with Gasteiger partial charge in [-0.2, -0.15) is 4.31 Å². The standard InChI is InChI=1S/C17H22N2O5S/c1-12-4-2-3-9-19(12)25(23,24)15-7-5-14(6-8-15)18-11-13(17(21)22)10-16(18)20/h5-8,12-13H,2-4,9-11H2,1H3,(H,21,22). The Hall–Kier alpha value is -1.93. The monoisotopic (exact) mass is 366 g/mol. The molecule has 2 atom stereocenters. The van der Waals surface area contributed by atoms with Gasteiger partial charge in [-0.1, -0.05) is 6.42 Å². The SMILES string of the molecule is CC1CCCCN1S(=O)(=O)c1ccc(N2CC(C(=O)O)CC2=O)cc1. The minimum absolute atomic E-state index is 0.0186. The molecule has 0 aliphatic carbocycles. The average Bonchev–Trinajstić information content (AvgIpc) is 2.97. The van der Waals surface area contributed by atoms with Crippen LogP contribution in [0.5, 0.6) is 0 Å². The number of hydrogen-bond donors (Lipinski definition) is 1.